The fourth-order valence-electron chi connectivity index (χ4n) is 1.53. The molecule has 1 aliphatic rings. The minimum absolute atomic E-state index is 0.214. The zero-order chi connectivity index (χ0) is 10.8. The largest absolute Gasteiger partial charge is 0.383 e. The molecule has 0 aliphatic carbocycles. The van der Waals surface area contributed by atoms with E-state index in [0.29, 0.717) is 22.2 Å². The van der Waals surface area contributed by atoms with Crippen LogP contribution in [0.5, 0.6) is 0 Å². The number of hydrogen-bond acceptors (Lipinski definition) is 2. The van der Waals surface area contributed by atoms with Crippen LogP contribution in [0.4, 0.5) is 10.1 Å². The maximum absolute atomic E-state index is 13.3. The third kappa shape index (κ3) is 2.41. The van der Waals surface area contributed by atoms with Crippen molar-refractivity contribution in [3.63, 3.8) is 0 Å². The molecule has 1 fully saturated rings. The highest BCUT2D eigenvalue weighted by Crippen LogP contribution is 2.25. The van der Waals surface area contributed by atoms with E-state index in [0.717, 1.165) is 19.6 Å². The highest BCUT2D eigenvalue weighted by molar-refractivity contribution is 6.33. The Bertz CT molecular complexity index is 364. The molecule has 82 valence electrons. The fourth-order valence-corrected chi connectivity index (χ4v) is 1.81. The Morgan fingerprint density at radius 1 is 1.53 bits per heavy atom. The van der Waals surface area contributed by atoms with E-state index in [4.69, 9.17) is 11.6 Å². The Labute approximate surface area is 93.8 Å². The Hall–Kier alpha value is -0.800. The number of hydrogen-bond donors (Lipinski definition) is 2. The van der Waals surface area contributed by atoms with Crippen LogP contribution in [0.3, 0.4) is 0 Å². The van der Waals surface area contributed by atoms with Gasteiger partial charge in [0.25, 0.3) is 0 Å². The third-order valence-corrected chi connectivity index (χ3v) is 3.01. The first-order chi connectivity index (χ1) is 7.16. The number of rotatable bonds is 3. The van der Waals surface area contributed by atoms with Crippen molar-refractivity contribution in [3.05, 3.63) is 28.5 Å². The summed E-state index contributed by atoms with van der Waals surface area (Å²) >= 11 is 6.00. The molecule has 0 radical (unpaired) electrons. The topological polar surface area (TPSA) is 24.1 Å². The summed E-state index contributed by atoms with van der Waals surface area (Å²) in [6.07, 6.45) is 0. The van der Waals surface area contributed by atoms with Gasteiger partial charge in [-0.05, 0) is 24.6 Å². The van der Waals surface area contributed by atoms with Gasteiger partial charge in [0.15, 0.2) is 0 Å². The number of anilines is 1. The molecule has 2 nitrogen and oxygen atoms in total. The molecule has 2 N–H and O–H groups in total. The van der Waals surface area contributed by atoms with Crippen LogP contribution in [0, 0.1) is 18.7 Å². The summed E-state index contributed by atoms with van der Waals surface area (Å²) in [5.74, 6) is 0.416. The summed E-state index contributed by atoms with van der Waals surface area (Å²) in [4.78, 5) is 0. The van der Waals surface area contributed by atoms with E-state index in [1.807, 2.05) is 0 Å². The molecular weight excluding hydrogens is 215 g/mol. The molecule has 15 heavy (non-hydrogen) atoms. The lowest BCUT2D eigenvalue weighted by molar-refractivity contribution is 0.365. The zero-order valence-electron chi connectivity index (χ0n) is 8.61. The van der Waals surface area contributed by atoms with Crippen molar-refractivity contribution in [1.82, 2.24) is 5.32 Å². The zero-order valence-corrected chi connectivity index (χ0v) is 9.37. The number of nitrogens with one attached hydrogen (secondary N) is 2. The second-order valence-electron chi connectivity index (χ2n) is 3.99. The number of benzene rings is 1. The van der Waals surface area contributed by atoms with Crippen LogP contribution in [-0.4, -0.2) is 19.6 Å². The molecule has 1 saturated heterocycles. The molecule has 2 rings (SSSR count). The van der Waals surface area contributed by atoms with E-state index in [1.54, 1.807) is 13.0 Å². The number of aryl methyl sites for hydroxylation is 1. The summed E-state index contributed by atoms with van der Waals surface area (Å²) in [6.45, 7) is 4.61. The van der Waals surface area contributed by atoms with Crippen LogP contribution >= 0.6 is 11.6 Å². The highest BCUT2D eigenvalue weighted by Gasteiger charge is 2.16. The van der Waals surface area contributed by atoms with Gasteiger partial charge >= 0.3 is 0 Å². The van der Waals surface area contributed by atoms with E-state index in [-0.39, 0.29) is 5.82 Å². The van der Waals surface area contributed by atoms with Gasteiger partial charge in [0, 0.05) is 25.6 Å². The minimum Gasteiger partial charge on any atom is -0.383 e. The van der Waals surface area contributed by atoms with Gasteiger partial charge in [0.05, 0.1) is 10.7 Å². The van der Waals surface area contributed by atoms with E-state index in [1.165, 1.54) is 6.07 Å². The standard InChI is InChI=1S/C11H14ClFN2/c1-7-2-9(12)11(3-10(7)13)15-6-8-4-14-5-8/h2-3,8,14-15H,4-6H2,1H3. The molecule has 1 aromatic carbocycles. The molecule has 0 atom stereocenters. The predicted molar refractivity (Wildman–Crippen MR) is 61.0 cm³/mol. The van der Waals surface area contributed by atoms with Crippen molar-refractivity contribution in [2.75, 3.05) is 25.0 Å². The van der Waals surface area contributed by atoms with Gasteiger partial charge < -0.3 is 10.6 Å². The van der Waals surface area contributed by atoms with Crippen LogP contribution in [0.2, 0.25) is 5.02 Å². The van der Waals surface area contributed by atoms with Crippen molar-refractivity contribution in [3.8, 4) is 0 Å². The summed E-state index contributed by atoms with van der Waals surface area (Å²) in [5, 5.41) is 6.94. The molecule has 0 bridgehead atoms. The average Bonchev–Trinajstić information content (AvgIpc) is 2.11. The lowest BCUT2D eigenvalue weighted by atomic mass is 10.0. The Morgan fingerprint density at radius 3 is 2.87 bits per heavy atom. The average molecular weight is 229 g/mol. The SMILES string of the molecule is Cc1cc(Cl)c(NCC2CNC2)cc1F. The quantitative estimate of drug-likeness (QED) is 0.831. The molecular formula is C11H14ClFN2. The van der Waals surface area contributed by atoms with E-state index >= 15 is 0 Å². The van der Waals surface area contributed by atoms with E-state index in [9.17, 15) is 4.39 Å². The van der Waals surface area contributed by atoms with E-state index in [2.05, 4.69) is 10.6 Å². The lowest BCUT2D eigenvalue weighted by Gasteiger charge is -2.27. The van der Waals surface area contributed by atoms with Gasteiger partial charge in [-0.3, -0.25) is 0 Å². The molecule has 1 aliphatic heterocycles. The maximum Gasteiger partial charge on any atom is 0.128 e. The Morgan fingerprint density at radius 2 is 2.27 bits per heavy atom. The lowest BCUT2D eigenvalue weighted by Crippen LogP contribution is -2.45. The van der Waals surface area contributed by atoms with Gasteiger partial charge in [-0.15, -0.1) is 0 Å². The first-order valence-corrected chi connectivity index (χ1v) is 5.45. The van der Waals surface area contributed by atoms with Crippen molar-refractivity contribution >= 4 is 17.3 Å². The summed E-state index contributed by atoms with van der Waals surface area (Å²) in [6, 6.07) is 3.11. The molecule has 0 amide bonds. The van der Waals surface area contributed by atoms with Gasteiger partial charge in [0.2, 0.25) is 0 Å². The molecule has 0 unspecified atom stereocenters. The van der Waals surface area contributed by atoms with Crippen molar-refractivity contribution in [2.24, 2.45) is 5.92 Å². The normalized spacial score (nSPS) is 16.2. The predicted octanol–water partition coefficient (Wildman–Crippen LogP) is 2.42. The molecule has 1 heterocycles. The third-order valence-electron chi connectivity index (χ3n) is 2.70. The second kappa shape index (κ2) is 4.37. The highest BCUT2D eigenvalue weighted by atomic mass is 35.5. The Kier molecular flexibility index (Phi) is 3.12. The summed E-state index contributed by atoms with van der Waals surface area (Å²) in [5.41, 5.74) is 1.27. The maximum atomic E-state index is 13.3. The first kappa shape index (κ1) is 10.7. The van der Waals surface area contributed by atoms with Crippen molar-refractivity contribution in [1.29, 1.82) is 0 Å². The van der Waals surface area contributed by atoms with E-state index < -0.39 is 0 Å². The molecule has 4 heteroatoms. The van der Waals surface area contributed by atoms with Gasteiger partial charge in [-0.1, -0.05) is 11.6 Å². The molecule has 0 spiro atoms. The smallest absolute Gasteiger partial charge is 0.128 e. The van der Waals surface area contributed by atoms with Crippen LogP contribution in [0.25, 0.3) is 0 Å². The minimum atomic E-state index is -0.214. The summed E-state index contributed by atoms with van der Waals surface area (Å²) in [7, 11) is 0. The van der Waals surface area contributed by atoms with Crippen molar-refractivity contribution < 1.29 is 4.39 Å². The van der Waals surface area contributed by atoms with Crippen LogP contribution in [0.1, 0.15) is 5.56 Å². The first-order valence-electron chi connectivity index (χ1n) is 5.07. The molecule has 1 aromatic rings. The number of halogens is 2. The van der Waals surface area contributed by atoms with Gasteiger partial charge in [-0.2, -0.15) is 0 Å². The van der Waals surface area contributed by atoms with Crippen LogP contribution in [0.15, 0.2) is 12.1 Å². The van der Waals surface area contributed by atoms with Crippen LogP contribution < -0.4 is 10.6 Å². The second-order valence-corrected chi connectivity index (χ2v) is 4.39. The molecule has 0 aromatic heterocycles. The summed E-state index contributed by atoms with van der Waals surface area (Å²) < 4.78 is 13.3. The molecule has 0 saturated carbocycles. The Balaban J connectivity index is 2.03. The van der Waals surface area contributed by atoms with Gasteiger partial charge in [-0.25, -0.2) is 4.39 Å². The van der Waals surface area contributed by atoms with Crippen molar-refractivity contribution in [2.45, 2.75) is 6.92 Å². The van der Waals surface area contributed by atoms with Crippen LogP contribution in [-0.2, 0) is 0 Å². The van der Waals surface area contributed by atoms with Gasteiger partial charge in [0.1, 0.15) is 5.82 Å². The fraction of sp³-hybridized carbons (Fsp3) is 0.455. The monoisotopic (exact) mass is 228 g/mol.